The molecule has 0 saturated carbocycles. The molecule has 0 aliphatic carbocycles. The molecule has 0 aliphatic heterocycles. The Morgan fingerprint density at radius 1 is 1.15 bits per heavy atom. The van der Waals surface area contributed by atoms with Gasteiger partial charge < -0.3 is 14.1 Å². The summed E-state index contributed by atoms with van der Waals surface area (Å²) in [6.45, 7) is 17.5. The summed E-state index contributed by atoms with van der Waals surface area (Å²) in [5.74, 6) is -0.150. The second-order valence-electron chi connectivity index (χ2n) is 10.4. The van der Waals surface area contributed by atoms with Crippen LogP contribution in [0.1, 0.15) is 69.1 Å². The number of aromatic nitrogens is 1. The van der Waals surface area contributed by atoms with Crippen LogP contribution in [0.4, 0.5) is 10.2 Å². The van der Waals surface area contributed by atoms with Crippen LogP contribution in [-0.4, -0.2) is 40.0 Å². The van der Waals surface area contributed by atoms with Crippen LogP contribution in [-0.2, 0) is 15.8 Å². The Bertz CT molecular complexity index is 981. The molecule has 0 unspecified atom stereocenters. The number of carbonyl (C=O) groups is 1. The summed E-state index contributed by atoms with van der Waals surface area (Å²) in [7, 11) is 1.63. The smallest absolute Gasteiger partial charge is 0.342 e. The molecule has 5 nitrogen and oxygen atoms in total. The van der Waals surface area contributed by atoms with Gasteiger partial charge in [-0.25, -0.2) is 14.2 Å². The van der Waals surface area contributed by atoms with Gasteiger partial charge in [-0.1, -0.05) is 46.8 Å². The van der Waals surface area contributed by atoms with Gasteiger partial charge in [0.2, 0.25) is 0 Å². The number of hydrogen-bond donors (Lipinski definition) is 0. The topological polar surface area (TPSA) is 51.7 Å². The lowest BCUT2D eigenvalue weighted by Crippen LogP contribution is -2.40. The van der Waals surface area contributed by atoms with Crippen molar-refractivity contribution in [2.75, 3.05) is 25.6 Å². The highest BCUT2D eigenvalue weighted by Gasteiger charge is 2.38. The molecule has 0 saturated heterocycles. The van der Waals surface area contributed by atoms with Crippen molar-refractivity contribution in [2.24, 2.45) is 0 Å². The highest BCUT2D eigenvalue weighted by molar-refractivity contribution is 6.74. The van der Waals surface area contributed by atoms with Crippen molar-refractivity contribution in [2.45, 2.75) is 72.2 Å². The van der Waals surface area contributed by atoms with Gasteiger partial charge in [0.25, 0.3) is 0 Å². The number of halogens is 1. The zero-order chi connectivity index (χ0) is 25.1. The maximum Gasteiger partial charge on any atom is 0.342 e. The minimum absolute atomic E-state index is 0.0298. The summed E-state index contributed by atoms with van der Waals surface area (Å²) in [5.41, 5.74) is 3.54. The van der Waals surface area contributed by atoms with E-state index in [4.69, 9.17) is 14.1 Å². The van der Waals surface area contributed by atoms with E-state index in [1.54, 1.807) is 19.1 Å². The fraction of sp³-hybridized carbons (Fsp3) is 0.538. The molecule has 1 aromatic heterocycles. The van der Waals surface area contributed by atoms with Crippen LogP contribution in [0.5, 0.6) is 0 Å². The Morgan fingerprint density at radius 3 is 2.18 bits per heavy atom. The van der Waals surface area contributed by atoms with Crippen molar-refractivity contribution in [3.05, 3.63) is 46.9 Å². The first-order chi connectivity index (χ1) is 15.2. The lowest BCUT2D eigenvalue weighted by Gasteiger charge is -2.37. The summed E-state index contributed by atoms with van der Waals surface area (Å²) < 4.78 is 25.9. The first-order valence-electron chi connectivity index (χ1n) is 11.5. The zero-order valence-corrected chi connectivity index (χ0v) is 22.8. The molecular formula is C26H39FN2O3Si. The summed E-state index contributed by atoms with van der Waals surface area (Å²) in [6.07, 6.45) is 0. The molecule has 1 heterocycles. The van der Waals surface area contributed by atoms with Gasteiger partial charge in [0.1, 0.15) is 17.2 Å². The largest absolute Gasteiger partial charge is 0.462 e. The molecule has 2 aromatic rings. The molecule has 182 valence electrons. The molecule has 1 aromatic carbocycles. The number of hydrogen-bond acceptors (Lipinski definition) is 5. The van der Waals surface area contributed by atoms with Crippen LogP contribution in [0.15, 0.2) is 24.3 Å². The fourth-order valence-electron chi connectivity index (χ4n) is 3.38. The third-order valence-electron chi connectivity index (χ3n) is 6.28. The maximum atomic E-state index is 13.8. The van der Waals surface area contributed by atoms with E-state index in [2.05, 4.69) is 47.7 Å². The van der Waals surface area contributed by atoms with Crippen LogP contribution in [0.2, 0.25) is 18.1 Å². The van der Waals surface area contributed by atoms with E-state index in [0.29, 0.717) is 23.6 Å². The average molecular weight is 475 g/mol. The number of esters is 1. The Morgan fingerprint density at radius 2 is 1.73 bits per heavy atom. The van der Waals surface area contributed by atoms with Crippen molar-refractivity contribution in [1.29, 1.82) is 0 Å². The lowest BCUT2D eigenvalue weighted by atomic mass is 9.90. The van der Waals surface area contributed by atoms with Gasteiger partial charge in [-0.15, -0.1) is 0 Å². The van der Waals surface area contributed by atoms with Crippen molar-refractivity contribution in [1.82, 2.24) is 4.98 Å². The number of benzene rings is 1. The molecule has 33 heavy (non-hydrogen) atoms. The number of nitrogens with zero attached hydrogens (tertiary/aromatic N) is 2. The minimum atomic E-state index is -2.09. The van der Waals surface area contributed by atoms with E-state index in [0.717, 1.165) is 16.8 Å². The normalized spacial score (nSPS) is 12.2. The van der Waals surface area contributed by atoms with Crippen LogP contribution >= 0.6 is 0 Å². The number of pyridine rings is 1. The summed E-state index contributed by atoms with van der Waals surface area (Å²) in [4.78, 5) is 20.0. The second-order valence-corrected chi connectivity index (χ2v) is 15.2. The van der Waals surface area contributed by atoms with E-state index < -0.39 is 14.3 Å². The van der Waals surface area contributed by atoms with Gasteiger partial charge in [0, 0.05) is 25.2 Å². The van der Waals surface area contributed by atoms with Crippen LogP contribution in [0, 0.1) is 5.82 Å². The van der Waals surface area contributed by atoms with E-state index in [1.165, 1.54) is 12.1 Å². The van der Waals surface area contributed by atoms with Gasteiger partial charge in [-0.3, -0.25) is 0 Å². The highest BCUT2D eigenvalue weighted by atomic mass is 28.4. The Hall–Kier alpha value is -2.25. The summed E-state index contributed by atoms with van der Waals surface area (Å²) in [5, 5.41) is 0.0298. The average Bonchev–Trinajstić information content (AvgIpc) is 2.70. The second kappa shape index (κ2) is 10.3. The summed E-state index contributed by atoms with van der Waals surface area (Å²) in [6, 6.07) is 6.22. The molecule has 2 rings (SSSR count). The molecule has 7 heteroatoms. The van der Waals surface area contributed by atoms with E-state index >= 15 is 0 Å². The quantitative estimate of drug-likeness (QED) is 0.312. The fourth-order valence-corrected chi connectivity index (χ4v) is 4.31. The first-order valence-corrected chi connectivity index (χ1v) is 14.4. The molecule has 0 amide bonds. The van der Waals surface area contributed by atoms with E-state index in [-0.39, 0.29) is 23.4 Å². The van der Waals surface area contributed by atoms with Crippen molar-refractivity contribution >= 4 is 20.1 Å². The standard InChI is InChI=1S/C26H39FN2O3Si/c1-11-31-25(30)22-21(18-12-14-19(27)15-13-18)20(16-32-33(9,10)26(4,5)6)23(17(2)3)28-24(22)29(7)8/h12-15,17H,11,16H2,1-10H3. The molecular weight excluding hydrogens is 435 g/mol. The van der Waals surface area contributed by atoms with Crippen molar-refractivity contribution in [3.63, 3.8) is 0 Å². The Balaban J connectivity index is 2.90. The third kappa shape index (κ3) is 6.01. The van der Waals surface area contributed by atoms with E-state index in [1.807, 2.05) is 19.0 Å². The predicted octanol–water partition coefficient (Wildman–Crippen LogP) is 6.78. The van der Waals surface area contributed by atoms with Crippen molar-refractivity contribution < 1.29 is 18.3 Å². The monoisotopic (exact) mass is 474 g/mol. The van der Waals surface area contributed by atoms with Crippen LogP contribution < -0.4 is 4.90 Å². The van der Waals surface area contributed by atoms with Gasteiger partial charge in [0.05, 0.1) is 18.9 Å². The Labute approximate surface area is 199 Å². The zero-order valence-electron chi connectivity index (χ0n) is 21.8. The number of anilines is 1. The molecule has 0 radical (unpaired) electrons. The number of rotatable bonds is 8. The highest BCUT2D eigenvalue weighted by Crippen LogP contribution is 2.41. The summed E-state index contributed by atoms with van der Waals surface area (Å²) >= 11 is 0. The number of carbonyl (C=O) groups excluding carboxylic acids is 1. The SMILES string of the molecule is CCOC(=O)c1c(N(C)C)nc(C(C)C)c(CO[Si](C)(C)C(C)(C)C)c1-c1ccc(F)cc1. The minimum Gasteiger partial charge on any atom is -0.462 e. The first kappa shape index (κ1) is 27.0. The van der Waals surface area contributed by atoms with Gasteiger partial charge >= 0.3 is 5.97 Å². The lowest BCUT2D eigenvalue weighted by molar-refractivity contribution is 0.0527. The van der Waals surface area contributed by atoms with E-state index in [9.17, 15) is 9.18 Å². The third-order valence-corrected chi connectivity index (χ3v) is 10.8. The van der Waals surface area contributed by atoms with Crippen molar-refractivity contribution in [3.8, 4) is 11.1 Å². The van der Waals surface area contributed by atoms with Crippen LogP contribution in [0.3, 0.4) is 0 Å². The molecule has 0 bridgehead atoms. The van der Waals surface area contributed by atoms with Crippen LogP contribution in [0.25, 0.3) is 11.1 Å². The molecule has 0 N–H and O–H groups in total. The number of ether oxygens (including phenoxy) is 1. The molecule has 0 atom stereocenters. The maximum absolute atomic E-state index is 13.8. The van der Waals surface area contributed by atoms with Gasteiger partial charge in [-0.2, -0.15) is 0 Å². The molecule has 0 spiro atoms. The Kier molecular flexibility index (Phi) is 8.46. The van der Waals surface area contributed by atoms with Gasteiger partial charge in [-0.05, 0) is 48.7 Å². The molecule has 0 fully saturated rings. The predicted molar refractivity (Wildman–Crippen MR) is 136 cm³/mol. The molecule has 0 aliphatic rings. The van der Waals surface area contributed by atoms with Gasteiger partial charge in [0.15, 0.2) is 8.32 Å².